The molecule has 1 fully saturated rings. The van der Waals surface area contributed by atoms with Gasteiger partial charge < -0.3 is 20.2 Å². The highest BCUT2D eigenvalue weighted by molar-refractivity contribution is 5.75. The van der Waals surface area contributed by atoms with Gasteiger partial charge in [0.15, 0.2) is 0 Å². The summed E-state index contributed by atoms with van der Waals surface area (Å²) in [6.07, 6.45) is 2.31. The average Bonchev–Trinajstić information content (AvgIpc) is 2.35. The zero-order chi connectivity index (χ0) is 14.4. The van der Waals surface area contributed by atoms with E-state index in [1.54, 1.807) is 14.0 Å². The van der Waals surface area contributed by atoms with Crippen molar-refractivity contribution >= 4 is 12.0 Å². The van der Waals surface area contributed by atoms with Crippen LogP contribution in [0.5, 0.6) is 0 Å². The van der Waals surface area contributed by atoms with Gasteiger partial charge in [0.25, 0.3) is 0 Å². The fraction of sp³-hybridized carbons (Fsp3) is 0.846. The van der Waals surface area contributed by atoms with Gasteiger partial charge in [0.1, 0.15) is 0 Å². The van der Waals surface area contributed by atoms with Crippen LogP contribution < -0.4 is 5.32 Å². The van der Waals surface area contributed by atoms with E-state index >= 15 is 0 Å². The van der Waals surface area contributed by atoms with Gasteiger partial charge in [-0.1, -0.05) is 6.92 Å². The molecule has 0 aromatic rings. The third kappa shape index (κ3) is 5.46. The van der Waals surface area contributed by atoms with Crippen LogP contribution in [-0.2, 0) is 4.79 Å². The molecule has 1 aliphatic rings. The fourth-order valence-corrected chi connectivity index (χ4v) is 2.38. The maximum Gasteiger partial charge on any atom is 0.317 e. The SMILES string of the molecule is CC(CN(C)C(=O)NCC1CCCN(C)C1)C(=O)O. The summed E-state index contributed by atoms with van der Waals surface area (Å²) < 4.78 is 0. The molecule has 0 bridgehead atoms. The summed E-state index contributed by atoms with van der Waals surface area (Å²) >= 11 is 0. The van der Waals surface area contributed by atoms with Crippen molar-refractivity contribution in [2.45, 2.75) is 19.8 Å². The van der Waals surface area contributed by atoms with E-state index in [4.69, 9.17) is 5.11 Å². The van der Waals surface area contributed by atoms with Crippen molar-refractivity contribution in [2.24, 2.45) is 11.8 Å². The van der Waals surface area contributed by atoms with Gasteiger partial charge in [0.2, 0.25) is 0 Å². The van der Waals surface area contributed by atoms with Crippen LogP contribution in [0.25, 0.3) is 0 Å². The molecule has 0 radical (unpaired) electrons. The first-order valence-electron chi connectivity index (χ1n) is 6.80. The van der Waals surface area contributed by atoms with Crippen LogP contribution in [0.1, 0.15) is 19.8 Å². The molecule has 1 heterocycles. The van der Waals surface area contributed by atoms with E-state index in [0.717, 1.165) is 19.5 Å². The number of rotatable bonds is 5. The molecule has 1 saturated heterocycles. The van der Waals surface area contributed by atoms with Crippen molar-refractivity contribution in [1.29, 1.82) is 0 Å². The number of likely N-dealkylation sites (tertiary alicyclic amines) is 1. The number of hydrogen-bond donors (Lipinski definition) is 2. The van der Waals surface area contributed by atoms with Crippen molar-refractivity contribution in [3.63, 3.8) is 0 Å². The Morgan fingerprint density at radius 1 is 1.53 bits per heavy atom. The summed E-state index contributed by atoms with van der Waals surface area (Å²) in [5.41, 5.74) is 0. The third-order valence-electron chi connectivity index (χ3n) is 3.58. The molecule has 6 nitrogen and oxygen atoms in total. The number of carbonyl (C=O) groups excluding carboxylic acids is 1. The lowest BCUT2D eigenvalue weighted by atomic mass is 9.99. The maximum absolute atomic E-state index is 11.8. The lowest BCUT2D eigenvalue weighted by Crippen LogP contribution is -2.44. The van der Waals surface area contributed by atoms with Crippen LogP contribution in [0, 0.1) is 11.8 Å². The highest BCUT2D eigenvalue weighted by atomic mass is 16.4. The minimum Gasteiger partial charge on any atom is -0.481 e. The van der Waals surface area contributed by atoms with Gasteiger partial charge in [-0.2, -0.15) is 0 Å². The van der Waals surface area contributed by atoms with E-state index in [1.807, 2.05) is 0 Å². The number of carbonyl (C=O) groups is 2. The van der Waals surface area contributed by atoms with Gasteiger partial charge in [-0.3, -0.25) is 4.79 Å². The first kappa shape index (κ1) is 15.8. The molecule has 0 spiro atoms. The molecule has 2 unspecified atom stereocenters. The van der Waals surface area contributed by atoms with E-state index in [0.29, 0.717) is 12.5 Å². The number of piperidine rings is 1. The molecule has 110 valence electrons. The average molecular weight is 271 g/mol. The van der Waals surface area contributed by atoms with Crippen molar-refractivity contribution in [3.05, 3.63) is 0 Å². The predicted octanol–water partition coefficient (Wildman–Crippen LogP) is 0.690. The van der Waals surface area contributed by atoms with Crippen LogP contribution in [0.4, 0.5) is 4.79 Å². The van der Waals surface area contributed by atoms with Crippen molar-refractivity contribution in [1.82, 2.24) is 15.1 Å². The Balaban J connectivity index is 2.28. The first-order valence-corrected chi connectivity index (χ1v) is 6.80. The molecule has 1 rings (SSSR count). The molecule has 1 aliphatic heterocycles. The Hall–Kier alpha value is -1.30. The molecule has 0 aromatic heterocycles. The second-order valence-corrected chi connectivity index (χ2v) is 5.58. The number of carboxylic acid groups (broad SMARTS) is 1. The summed E-state index contributed by atoms with van der Waals surface area (Å²) in [6.45, 7) is 4.62. The molecular formula is C13H25N3O3. The monoisotopic (exact) mass is 271 g/mol. The number of nitrogens with zero attached hydrogens (tertiary/aromatic N) is 2. The van der Waals surface area contributed by atoms with E-state index in [2.05, 4.69) is 17.3 Å². The van der Waals surface area contributed by atoms with Gasteiger partial charge in [-0.25, -0.2) is 4.79 Å². The van der Waals surface area contributed by atoms with E-state index in [9.17, 15) is 9.59 Å². The zero-order valence-corrected chi connectivity index (χ0v) is 12.1. The molecule has 0 aromatic carbocycles. The number of nitrogens with one attached hydrogen (secondary N) is 1. The lowest BCUT2D eigenvalue weighted by molar-refractivity contribution is -0.141. The summed E-state index contributed by atoms with van der Waals surface area (Å²) in [4.78, 5) is 26.3. The summed E-state index contributed by atoms with van der Waals surface area (Å²) in [7, 11) is 3.72. The standard InChI is InChI=1S/C13H25N3O3/c1-10(12(17)18)8-16(3)13(19)14-7-11-5-4-6-15(2)9-11/h10-11H,4-9H2,1-3H3,(H,14,19)(H,17,18). The largest absolute Gasteiger partial charge is 0.481 e. The molecule has 19 heavy (non-hydrogen) atoms. The van der Waals surface area contributed by atoms with E-state index < -0.39 is 11.9 Å². The first-order chi connectivity index (χ1) is 8.90. The van der Waals surface area contributed by atoms with Gasteiger partial charge in [0, 0.05) is 26.7 Å². The normalized spacial score (nSPS) is 21.7. The fourth-order valence-electron chi connectivity index (χ4n) is 2.38. The Morgan fingerprint density at radius 2 is 2.21 bits per heavy atom. The molecule has 0 aliphatic carbocycles. The van der Waals surface area contributed by atoms with Crippen LogP contribution in [-0.4, -0.2) is 67.2 Å². The minimum atomic E-state index is -0.881. The summed E-state index contributed by atoms with van der Waals surface area (Å²) in [6, 6.07) is -0.193. The molecular weight excluding hydrogens is 246 g/mol. The Morgan fingerprint density at radius 3 is 2.79 bits per heavy atom. The lowest BCUT2D eigenvalue weighted by Gasteiger charge is -2.30. The van der Waals surface area contributed by atoms with Crippen LogP contribution >= 0.6 is 0 Å². The second kappa shape index (κ2) is 7.33. The topological polar surface area (TPSA) is 72.9 Å². The Labute approximate surface area is 114 Å². The number of urea groups is 1. The van der Waals surface area contributed by atoms with Crippen molar-refractivity contribution in [2.75, 3.05) is 40.3 Å². The molecule has 0 saturated carbocycles. The van der Waals surface area contributed by atoms with Gasteiger partial charge in [-0.05, 0) is 32.4 Å². The Kier molecular flexibility index (Phi) is 6.08. The van der Waals surface area contributed by atoms with E-state index in [1.165, 1.54) is 11.3 Å². The molecule has 2 atom stereocenters. The van der Waals surface area contributed by atoms with Gasteiger partial charge in [0.05, 0.1) is 5.92 Å². The van der Waals surface area contributed by atoms with Crippen LogP contribution in [0.15, 0.2) is 0 Å². The van der Waals surface area contributed by atoms with E-state index in [-0.39, 0.29) is 12.6 Å². The third-order valence-corrected chi connectivity index (χ3v) is 3.58. The number of hydrogen-bond acceptors (Lipinski definition) is 3. The number of carboxylic acids is 1. The van der Waals surface area contributed by atoms with Gasteiger partial charge in [-0.15, -0.1) is 0 Å². The zero-order valence-electron chi connectivity index (χ0n) is 12.1. The summed E-state index contributed by atoms with van der Waals surface area (Å²) in [5.74, 6) is -0.932. The molecule has 2 amide bonds. The number of aliphatic carboxylic acids is 1. The van der Waals surface area contributed by atoms with Crippen LogP contribution in [0.3, 0.4) is 0 Å². The van der Waals surface area contributed by atoms with Crippen molar-refractivity contribution < 1.29 is 14.7 Å². The van der Waals surface area contributed by atoms with Crippen molar-refractivity contribution in [3.8, 4) is 0 Å². The maximum atomic E-state index is 11.8. The van der Waals surface area contributed by atoms with Crippen LogP contribution in [0.2, 0.25) is 0 Å². The highest BCUT2D eigenvalue weighted by Gasteiger charge is 2.20. The predicted molar refractivity (Wildman–Crippen MR) is 73.0 cm³/mol. The minimum absolute atomic E-state index is 0.193. The molecule has 6 heteroatoms. The van der Waals surface area contributed by atoms with Gasteiger partial charge >= 0.3 is 12.0 Å². The molecule has 2 N–H and O–H groups in total. The highest BCUT2D eigenvalue weighted by Crippen LogP contribution is 2.13. The summed E-state index contributed by atoms with van der Waals surface area (Å²) in [5, 5.41) is 11.7. The quantitative estimate of drug-likeness (QED) is 0.771. The Bertz CT molecular complexity index is 322. The smallest absolute Gasteiger partial charge is 0.317 e. The number of amides is 2. The second-order valence-electron chi connectivity index (χ2n) is 5.58.